The van der Waals surface area contributed by atoms with E-state index in [4.69, 9.17) is 5.73 Å². The molecule has 0 bridgehead atoms. The Morgan fingerprint density at radius 1 is 1.32 bits per heavy atom. The summed E-state index contributed by atoms with van der Waals surface area (Å²) in [4.78, 5) is 10.7. The molecule has 6 nitrogen and oxygen atoms in total. The van der Waals surface area contributed by atoms with Crippen molar-refractivity contribution < 1.29 is 0 Å². The maximum atomic E-state index is 5.71. The van der Waals surface area contributed by atoms with Gasteiger partial charge < -0.3 is 10.6 Å². The zero-order valence-electron chi connectivity index (χ0n) is 11.0. The molecule has 0 atom stereocenters. The van der Waals surface area contributed by atoms with E-state index in [9.17, 15) is 0 Å². The largest absolute Gasteiger partial charge is 0.368 e. The Bertz CT molecular complexity index is 522. The minimum atomic E-state index is 0.354. The van der Waals surface area contributed by atoms with Gasteiger partial charge in [0.2, 0.25) is 5.95 Å². The summed E-state index contributed by atoms with van der Waals surface area (Å²) in [6.45, 7) is 3.93. The molecule has 1 aliphatic rings. The number of aromatic amines is 1. The van der Waals surface area contributed by atoms with Gasteiger partial charge in [-0.15, -0.1) is 0 Å². The molecular formula is C13H18N6. The van der Waals surface area contributed by atoms with Crippen LogP contribution in [0.5, 0.6) is 0 Å². The molecule has 6 heteroatoms. The summed E-state index contributed by atoms with van der Waals surface area (Å²) in [6, 6.07) is 1.99. The average molecular weight is 258 g/mol. The number of hydrogen-bond acceptors (Lipinski definition) is 5. The molecule has 0 unspecified atom stereocenters. The first-order valence-corrected chi connectivity index (χ1v) is 6.57. The summed E-state index contributed by atoms with van der Waals surface area (Å²) < 4.78 is 0. The normalized spacial score (nSPS) is 16.8. The van der Waals surface area contributed by atoms with Crippen LogP contribution in [-0.2, 0) is 0 Å². The molecule has 2 aromatic heterocycles. The number of anilines is 2. The second-order valence-electron chi connectivity index (χ2n) is 5.02. The lowest BCUT2D eigenvalue weighted by molar-refractivity contribution is 0.502. The van der Waals surface area contributed by atoms with Crippen molar-refractivity contribution >= 4 is 11.8 Å². The first-order valence-electron chi connectivity index (χ1n) is 6.57. The summed E-state index contributed by atoms with van der Waals surface area (Å²) in [5.74, 6) is 1.89. The van der Waals surface area contributed by atoms with Gasteiger partial charge in [0.1, 0.15) is 5.82 Å². The monoisotopic (exact) mass is 258 g/mol. The molecule has 100 valence electrons. The van der Waals surface area contributed by atoms with Gasteiger partial charge in [-0.2, -0.15) is 10.1 Å². The molecule has 0 aromatic carbocycles. The Labute approximate surface area is 112 Å². The highest BCUT2D eigenvalue weighted by Gasteiger charge is 2.22. The summed E-state index contributed by atoms with van der Waals surface area (Å²) >= 11 is 0. The van der Waals surface area contributed by atoms with Gasteiger partial charge in [-0.3, -0.25) is 5.10 Å². The molecule has 3 N–H and O–H groups in total. The third-order valence-electron chi connectivity index (χ3n) is 3.67. The van der Waals surface area contributed by atoms with Crippen LogP contribution >= 0.6 is 0 Å². The van der Waals surface area contributed by atoms with E-state index >= 15 is 0 Å². The number of hydrogen-bond donors (Lipinski definition) is 2. The Morgan fingerprint density at radius 3 is 2.74 bits per heavy atom. The van der Waals surface area contributed by atoms with Crippen LogP contribution in [0.15, 0.2) is 18.5 Å². The summed E-state index contributed by atoms with van der Waals surface area (Å²) in [7, 11) is 0. The average Bonchev–Trinajstić information content (AvgIpc) is 2.91. The predicted octanol–water partition coefficient (Wildman–Crippen LogP) is 1.47. The third-order valence-corrected chi connectivity index (χ3v) is 3.67. The van der Waals surface area contributed by atoms with Crippen LogP contribution in [0.2, 0.25) is 0 Å². The topological polar surface area (TPSA) is 83.7 Å². The lowest BCUT2D eigenvalue weighted by Gasteiger charge is -2.32. The van der Waals surface area contributed by atoms with Crippen molar-refractivity contribution in [1.82, 2.24) is 20.2 Å². The van der Waals surface area contributed by atoms with E-state index < -0.39 is 0 Å². The van der Waals surface area contributed by atoms with Gasteiger partial charge in [-0.1, -0.05) is 0 Å². The first-order chi connectivity index (χ1) is 9.22. The number of nitrogens with two attached hydrogens (primary N) is 1. The van der Waals surface area contributed by atoms with Crippen molar-refractivity contribution in [3.63, 3.8) is 0 Å². The number of aromatic nitrogens is 4. The molecule has 0 saturated carbocycles. The minimum Gasteiger partial charge on any atom is -0.368 e. The van der Waals surface area contributed by atoms with Crippen LogP contribution in [0, 0.1) is 6.92 Å². The molecule has 0 spiro atoms. The van der Waals surface area contributed by atoms with Crippen LogP contribution in [0.25, 0.3) is 0 Å². The van der Waals surface area contributed by atoms with Gasteiger partial charge in [-0.25, -0.2) is 4.98 Å². The SMILES string of the molecule is Cc1cc(N2CCC(c3cn[nH]c3)CC2)nc(N)n1. The number of rotatable bonds is 2. The fraction of sp³-hybridized carbons (Fsp3) is 0.462. The fourth-order valence-electron chi connectivity index (χ4n) is 2.66. The number of H-pyrrole nitrogens is 1. The van der Waals surface area contributed by atoms with Crippen molar-refractivity contribution in [2.75, 3.05) is 23.7 Å². The van der Waals surface area contributed by atoms with Gasteiger partial charge >= 0.3 is 0 Å². The van der Waals surface area contributed by atoms with E-state index in [-0.39, 0.29) is 0 Å². The van der Waals surface area contributed by atoms with Gasteiger partial charge in [0, 0.05) is 31.0 Å². The molecule has 1 saturated heterocycles. The van der Waals surface area contributed by atoms with Crippen LogP contribution < -0.4 is 10.6 Å². The second-order valence-corrected chi connectivity index (χ2v) is 5.02. The molecule has 3 heterocycles. The highest BCUT2D eigenvalue weighted by molar-refractivity contribution is 5.43. The molecule has 19 heavy (non-hydrogen) atoms. The van der Waals surface area contributed by atoms with Crippen LogP contribution in [-0.4, -0.2) is 33.3 Å². The van der Waals surface area contributed by atoms with Crippen molar-refractivity contribution in [3.05, 3.63) is 29.7 Å². The summed E-state index contributed by atoms with van der Waals surface area (Å²) in [5, 5.41) is 6.91. The number of piperidine rings is 1. The van der Waals surface area contributed by atoms with E-state index in [1.54, 1.807) is 0 Å². The maximum Gasteiger partial charge on any atom is 0.222 e. The maximum absolute atomic E-state index is 5.71. The Balaban J connectivity index is 1.70. The molecule has 1 aliphatic heterocycles. The van der Waals surface area contributed by atoms with E-state index in [0.717, 1.165) is 37.4 Å². The second kappa shape index (κ2) is 4.87. The number of nitrogens with zero attached hydrogens (tertiary/aromatic N) is 4. The van der Waals surface area contributed by atoms with Gasteiger partial charge in [-0.05, 0) is 31.2 Å². The minimum absolute atomic E-state index is 0.354. The van der Waals surface area contributed by atoms with E-state index in [1.165, 1.54) is 5.56 Å². The van der Waals surface area contributed by atoms with Crippen LogP contribution in [0.4, 0.5) is 11.8 Å². The molecule has 0 amide bonds. The lowest BCUT2D eigenvalue weighted by Crippen LogP contribution is -2.33. The van der Waals surface area contributed by atoms with Gasteiger partial charge in [0.15, 0.2) is 0 Å². The van der Waals surface area contributed by atoms with Gasteiger partial charge in [0.05, 0.1) is 6.20 Å². The predicted molar refractivity (Wildman–Crippen MR) is 74.0 cm³/mol. The molecule has 0 radical (unpaired) electrons. The Hall–Kier alpha value is -2.11. The standard InChI is InChI=1S/C13H18N6/c1-9-6-12(18-13(14)17-9)19-4-2-10(3-5-19)11-7-15-16-8-11/h6-8,10H,2-5H2,1H3,(H,15,16)(H2,14,17,18). The fourth-order valence-corrected chi connectivity index (χ4v) is 2.66. The van der Waals surface area contributed by atoms with E-state index in [1.807, 2.05) is 25.4 Å². The number of nitrogen functional groups attached to an aromatic ring is 1. The molecular weight excluding hydrogens is 240 g/mol. The van der Waals surface area contributed by atoms with E-state index in [2.05, 4.69) is 25.1 Å². The zero-order valence-corrected chi connectivity index (χ0v) is 11.0. The van der Waals surface area contributed by atoms with Crippen molar-refractivity contribution in [2.24, 2.45) is 0 Å². The molecule has 2 aromatic rings. The van der Waals surface area contributed by atoms with Crippen molar-refractivity contribution in [3.8, 4) is 0 Å². The lowest BCUT2D eigenvalue weighted by atomic mass is 9.91. The molecule has 1 fully saturated rings. The van der Waals surface area contributed by atoms with Gasteiger partial charge in [0.25, 0.3) is 0 Å². The highest BCUT2D eigenvalue weighted by Crippen LogP contribution is 2.29. The zero-order chi connectivity index (χ0) is 13.2. The number of nitrogens with one attached hydrogen (secondary N) is 1. The Morgan fingerprint density at radius 2 is 2.11 bits per heavy atom. The first kappa shape index (κ1) is 12.0. The highest BCUT2D eigenvalue weighted by atomic mass is 15.2. The summed E-state index contributed by atoms with van der Waals surface area (Å²) in [6.07, 6.45) is 6.14. The van der Waals surface area contributed by atoms with Crippen LogP contribution in [0.3, 0.4) is 0 Å². The van der Waals surface area contributed by atoms with Crippen LogP contribution in [0.1, 0.15) is 30.0 Å². The van der Waals surface area contributed by atoms with E-state index in [0.29, 0.717) is 11.9 Å². The van der Waals surface area contributed by atoms with Crippen molar-refractivity contribution in [2.45, 2.75) is 25.7 Å². The smallest absolute Gasteiger partial charge is 0.222 e. The molecule has 0 aliphatic carbocycles. The third kappa shape index (κ3) is 2.52. The number of aryl methyl sites for hydroxylation is 1. The molecule has 3 rings (SSSR count). The van der Waals surface area contributed by atoms with Crippen molar-refractivity contribution in [1.29, 1.82) is 0 Å². The Kier molecular flexibility index (Phi) is 3.06. The quantitative estimate of drug-likeness (QED) is 0.852. The summed E-state index contributed by atoms with van der Waals surface area (Å²) in [5.41, 5.74) is 7.93.